The van der Waals surface area contributed by atoms with Gasteiger partial charge in [-0.25, -0.2) is 0 Å². The first kappa shape index (κ1) is 15.0. The van der Waals surface area contributed by atoms with Gasteiger partial charge in [0.05, 0.1) is 12.7 Å². The van der Waals surface area contributed by atoms with Crippen LogP contribution in [-0.2, 0) is 11.3 Å². The SMILES string of the molecule is COCC(O)CN(C)Cc1cc(C)c(C)cc1O. The first-order chi connectivity index (χ1) is 8.43. The number of hydrogen-bond acceptors (Lipinski definition) is 4. The number of phenolic OH excluding ortho intramolecular Hbond substituents is 1. The predicted octanol–water partition coefficient (Wildman–Crippen LogP) is 1.45. The quantitative estimate of drug-likeness (QED) is 0.805. The molecule has 1 atom stereocenters. The third kappa shape index (κ3) is 4.29. The van der Waals surface area contributed by atoms with Crippen molar-refractivity contribution in [2.24, 2.45) is 0 Å². The molecule has 0 saturated heterocycles. The van der Waals surface area contributed by atoms with Crippen molar-refractivity contribution in [1.29, 1.82) is 0 Å². The van der Waals surface area contributed by atoms with Gasteiger partial charge in [0, 0.05) is 25.8 Å². The summed E-state index contributed by atoms with van der Waals surface area (Å²) in [5.41, 5.74) is 3.12. The molecule has 4 heteroatoms. The van der Waals surface area contributed by atoms with E-state index in [1.807, 2.05) is 31.9 Å². The molecular weight excluding hydrogens is 230 g/mol. The van der Waals surface area contributed by atoms with Crippen LogP contribution >= 0.6 is 0 Å². The van der Waals surface area contributed by atoms with Gasteiger partial charge in [0.15, 0.2) is 0 Å². The Kier molecular flexibility index (Phi) is 5.59. The number of methoxy groups -OCH3 is 1. The minimum atomic E-state index is -0.506. The van der Waals surface area contributed by atoms with Crippen molar-refractivity contribution >= 4 is 0 Å². The van der Waals surface area contributed by atoms with E-state index in [0.29, 0.717) is 25.4 Å². The number of aliphatic hydroxyl groups is 1. The van der Waals surface area contributed by atoms with Gasteiger partial charge in [-0.3, -0.25) is 4.90 Å². The summed E-state index contributed by atoms with van der Waals surface area (Å²) in [6, 6.07) is 3.77. The van der Waals surface area contributed by atoms with Gasteiger partial charge in [0.25, 0.3) is 0 Å². The van der Waals surface area contributed by atoms with Crippen molar-refractivity contribution in [3.05, 3.63) is 28.8 Å². The molecule has 0 aliphatic carbocycles. The molecule has 102 valence electrons. The Balaban J connectivity index is 2.64. The van der Waals surface area contributed by atoms with Crippen LogP contribution in [0.15, 0.2) is 12.1 Å². The smallest absolute Gasteiger partial charge is 0.120 e. The van der Waals surface area contributed by atoms with Crippen LogP contribution < -0.4 is 0 Å². The standard InChI is InChI=1S/C14H23NO3/c1-10-5-12(14(17)6-11(10)2)7-15(3)8-13(16)9-18-4/h5-6,13,16-17H,7-9H2,1-4H3. The summed E-state index contributed by atoms with van der Waals surface area (Å²) in [6.07, 6.45) is -0.506. The fourth-order valence-electron chi connectivity index (χ4n) is 1.95. The second kappa shape index (κ2) is 6.73. The molecule has 0 aromatic heterocycles. The molecule has 0 bridgehead atoms. The van der Waals surface area contributed by atoms with Crippen LogP contribution in [0, 0.1) is 13.8 Å². The highest BCUT2D eigenvalue weighted by atomic mass is 16.5. The number of phenols is 1. The largest absolute Gasteiger partial charge is 0.508 e. The van der Waals surface area contributed by atoms with Crippen LogP contribution in [0.25, 0.3) is 0 Å². The van der Waals surface area contributed by atoms with Crippen LogP contribution in [0.5, 0.6) is 5.75 Å². The highest BCUT2D eigenvalue weighted by molar-refractivity contribution is 5.40. The molecule has 18 heavy (non-hydrogen) atoms. The maximum Gasteiger partial charge on any atom is 0.120 e. The molecule has 1 rings (SSSR count). The van der Waals surface area contributed by atoms with E-state index in [1.54, 1.807) is 13.2 Å². The van der Waals surface area contributed by atoms with Gasteiger partial charge in [-0.05, 0) is 38.1 Å². The zero-order valence-corrected chi connectivity index (χ0v) is 11.6. The van der Waals surface area contributed by atoms with E-state index in [-0.39, 0.29) is 0 Å². The molecule has 4 nitrogen and oxygen atoms in total. The summed E-state index contributed by atoms with van der Waals surface area (Å²) in [4.78, 5) is 1.97. The Morgan fingerprint density at radius 1 is 1.28 bits per heavy atom. The monoisotopic (exact) mass is 253 g/mol. The Bertz CT molecular complexity index is 393. The molecule has 2 N–H and O–H groups in total. The summed E-state index contributed by atoms with van der Waals surface area (Å²) in [6.45, 7) is 5.44. The maximum absolute atomic E-state index is 9.89. The number of hydrogen-bond donors (Lipinski definition) is 2. The van der Waals surface area contributed by atoms with Gasteiger partial charge in [-0.15, -0.1) is 0 Å². The second-order valence-corrected chi connectivity index (χ2v) is 4.87. The van der Waals surface area contributed by atoms with E-state index < -0.39 is 6.10 Å². The molecule has 1 aromatic rings. The third-order valence-corrected chi connectivity index (χ3v) is 3.02. The molecule has 1 unspecified atom stereocenters. The van der Waals surface area contributed by atoms with E-state index in [1.165, 1.54) is 0 Å². The molecule has 0 amide bonds. The van der Waals surface area contributed by atoms with Crippen molar-refractivity contribution in [2.75, 3.05) is 27.3 Å². The fourth-order valence-corrected chi connectivity index (χ4v) is 1.95. The first-order valence-electron chi connectivity index (χ1n) is 6.08. The number of rotatable bonds is 6. The van der Waals surface area contributed by atoms with E-state index in [2.05, 4.69) is 0 Å². The predicted molar refractivity (Wildman–Crippen MR) is 71.8 cm³/mol. The first-order valence-corrected chi connectivity index (χ1v) is 6.08. The lowest BCUT2D eigenvalue weighted by molar-refractivity contribution is 0.0417. The molecular formula is C14H23NO3. The second-order valence-electron chi connectivity index (χ2n) is 4.87. The van der Waals surface area contributed by atoms with Crippen LogP contribution in [-0.4, -0.2) is 48.5 Å². The summed E-state index contributed by atoms with van der Waals surface area (Å²) in [5.74, 6) is 0.311. The molecule has 0 aliphatic rings. The average Bonchev–Trinajstić information content (AvgIpc) is 2.26. The number of aryl methyl sites for hydroxylation is 2. The lowest BCUT2D eigenvalue weighted by atomic mass is 10.0. The van der Waals surface area contributed by atoms with Gasteiger partial charge < -0.3 is 14.9 Å². The zero-order chi connectivity index (χ0) is 13.7. The minimum absolute atomic E-state index is 0.311. The average molecular weight is 253 g/mol. The summed E-state index contributed by atoms with van der Waals surface area (Å²) in [5, 5.41) is 19.5. The van der Waals surface area contributed by atoms with Crippen molar-refractivity contribution in [2.45, 2.75) is 26.5 Å². The van der Waals surface area contributed by atoms with Gasteiger partial charge in [-0.1, -0.05) is 6.07 Å². The van der Waals surface area contributed by atoms with Crippen molar-refractivity contribution in [3.8, 4) is 5.75 Å². The fraction of sp³-hybridized carbons (Fsp3) is 0.571. The molecule has 0 aliphatic heterocycles. The Labute approximate surface area is 109 Å². The molecule has 0 saturated carbocycles. The Morgan fingerprint density at radius 2 is 1.89 bits per heavy atom. The van der Waals surface area contributed by atoms with E-state index in [9.17, 15) is 10.2 Å². The van der Waals surface area contributed by atoms with Gasteiger partial charge in [-0.2, -0.15) is 0 Å². The molecule has 0 spiro atoms. The number of likely N-dealkylation sites (N-methyl/N-ethyl adjacent to an activating group) is 1. The van der Waals surface area contributed by atoms with Gasteiger partial charge in [0.2, 0.25) is 0 Å². The topological polar surface area (TPSA) is 52.9 Å². The van der Waals surface area contributed by atoms with Gasteiger partial charge in [0.1, 0.15) is 5.75 Å². The van der Waals surface area contributed by atoms with E-state index >= 15 is 0 Å². The van der Waals surface area contributed by atoms with Crippen LogP contribution in [0.2, 0.25) is 0 Å². The Hall–Kier alpha value is -1.10. The van der Waals surface area contributed by atoms with E-state index in [4.69, 9.17) is 4.74 Å². The molecule has 0 radical (unpaired) electrons. The lowest BCUT2D eigenvalue weighted by Gasteiger charge is -2.21. The van der Waals surface area contributed by atoms with Crippen molar-refractivity contribution < 1.29 is 14.9 Å². The third-order valence-electron chi connectivity index (χ3n) is 3.02. The minimum Gasteiger partial charge on any atom is -0.508 e. The summed E-state index contributed by atoms with van der Waals surface area (Å²) < 4.78 is 4.89. The van der Waals surface area contributed by atoms with Crippen molar-refractivity contribution in [3.63, 3.8) is 0 Å². The zero-order valence-electron chi connectivity index (χ0n) is 11.6. The molecule has 1 aromatic carbocycles. The number of ether oxygens (including phenoxy) is 1. The normalized spacial score (nSPS) is 13.0. The molecule has 0 fully saturated rings. The van der Waals surface area contributed by atoms with E-state index in [0.717, 1.165) is 16.7 Å². The number of nitrogens with zero attached hydrogens (tertiary/aromatic N) is 1. The highest BCUT2D eigenvalue weighted by Gasteiger charge is 2.11. The highest BCUT2D eigenvalue weighted by Crippen LogP contribution is 2.22. The van der Waals surface area contributed by atoms with Crippen molar-refractivity contribution in [1.82, 2.24) is 4.90 Å². The van der Waals surface area contributed by atoms with Crippen LogP contribution in [0.4, 0.5) is 0 Å². The Morgan fingerprint density at radius 3 is 2.50 bits per heavy atom. The summed E-state index contributed by atoms with van der Waals surface area (Å²) in [7, 11) is 3.48. The molecule has 0 heterocycles. The number of aromatic hydroxyl groups is 1. The number of aliphatic hydroxyl groups excluding tert-OH is 1. The number of benzene rings is 1. The summed E-state index contributed by atoms with van der Waals surface area (Å²) >= 11 is 0. The van der Waals surface area contributed by atoms with Gasteiger partial charge >= 0.3 is 0 Å². The lowest BCUT2D eigenvalue weighted by Crippen LogP contribution is -2.31. The maximum atomic E-state index is 9.89. The van der Waals surface area contributed by atoms with Crippen LogP contribution in [0.3, 0.4) is 0 Å². The van der Waals surface area contributed by atoms with Crippen LogP contribution in [0.1, 0.15) is 16.7 Å².